The van der Waals surface area contributed by atoms with Gasteiger partial charge in [-0.05, 0) is 0 Å². The van der Waals surface area contributed by atoms with Crippen molar-refractivity contribution in [1.29, 1.82) is 0 Å². The van der Waals surface area contributed by atoms with Crippen LogP contribution in [-0.2, 0) is 47.8 Å². The van der Waals surface area contributed by atoms with Crippen LogP contribution in [0.4, 0.5) is 12.6 Å². The molecule has 0 spiro atoms. The first-order valence-electron chi connectivity index (χ1n) is 2.15. The Hall–Kier alpha value is 1.88. The summed E-state index contributed by atoms with van der Waals surface area (Å²) in [5, 5.41) is 0. The van der Waals surface area contributed by atoms with E-state index in [1.54, 1.807) is 0 Å². The minimum absolute atomic E-state index is 0. The van der Waals surface area contributed by atoms with Crippen molar-refractivity contribution in [3.63, 3.8) is 0 Å². The van der Waals surface area contributed by atoms with Crippen molar-refractivity contribution in [2.45, 2.75) is 0 Å². The molecule has 0 aromatic heterocycles. The van der Waals surface area contributed by atoms with E-state index in [1.807, 2.05) is 0 Å². The molecule has 0 N–H and O–H groups in total. The van der Waals surface area contributed by atoms with Crippen molar-refractivity contribution in [3.8, 4) is 0 Å². The number of hydrogen-bond donors (Lipinski definition) is 0. The molecule has 2 radical (unpaired) electrons. The van der Waals surface area contributed by atoms with E-state index in [1.165, 1.54) is 0 Å². The Morgan fingerprint density at radius 3 is 0.556 bits per heavy atom. The van der Waals surface area contributed by atoms with E-state index in [0.717, 1.165) is 0 Å². The molecular formula is HF3Fe2LiO9P3. The normalized spacial score (nSPS) is 9.83. The first kappa shape index (κ1) is 36.8. The van der Waals surface area contributed by atoms with E-state index in [4.69, 9.17) is 43.1 Å². The van der Waals surface area contributed by atoms with Gasteiger partial charge in [-0.3, -0.25) is 0 Å². The summed E-state index contributed by atoms with van der Waals surface area (Å²) in [5.41, 5.74) is 0. The summed E-state index contributed by atoms with van der Waals surface area (Å²) in [6.45, 7) is 0. The van der Waals surface area contributed by atoms with Gasteiger partial charge in [0.05, 0.1) is 0 Å². The van der Waals surface area contributed by atoms with Gasteiger partial charge in [0.1, 0.15) is 23.7 Å². The van der Waals surface area contributed by atoms with Crippen LogP contribution in [0.25, 0.3) is 0 Å². The van der Waals surface area contributed by atoms with Crippen LogP contribution in [-0.4, -0.2) is 18.9 Å². The second-order valence-corrected chi connectivity index (χ2v) is 3.88. The average Bonchev–Trinajstić information content (AvgIpc) is 1.41. The molecule has 0 aromatic rings. The van der Waals surface area contributed by atoms with E-state index in [0.29, 0.717) is 0 Å². The Kier molecular flexibility index (Phi) is 31.2. The van der Waals surface area contributed by atoms with Crippen LogP contribution in [0.2, 0.25) is 0 Å². The Bertz CT molecular complexity index is 221. The Labute approximate surface area is 132 Å². The topological polar surface area (TPSA) is 190 Å². The van der Waals surface area contributed by atoms with Crippen molar-refractivity contribution in [2.24, 2.45) is 0 Å². The van der Waals surface area contributed by atoms with E-state index in [-0.39, 0.29) is 53.0 Å². The molecule has 0 heterocycles. The third-order valence-corrected chi connectivity index (χ3v) is 0. The fourth-order valence-electron chi connectivity index (χ4n) is 0. The van der Waals surface area contributed by atoms with E-state index >= 15 is 0 Å². The standard InChI is InChI=1S/3FH2O3P.2Fe.Li.H/c3*1-5(2,3)4;;;;/h3*(H2,2,3,4);;;;/q;;;2*+3;;/p-6. The molecule has 18 heteroatoms. The first-order valence-corrected chi connectivity index (χ1v) is 6.45. The van der Waals surface area contributed by atoms with E-state index in [2.05, 4.69) is 0 Å². The number of halogens is 3. The summed E-state index contributed by atoms with van der Waals surface area (Å²) in [7, 11) is -16.9. The molecule has 9 nitrogen and oxygen atoms in total. The first-order chi connectivity index (χ1) is 6.00. The summed E-state index contributed by atoms with van der Waals surface area (Å²) >= 11 is 0. The van der Waals surface area contributed by atoms with Gasteiger partial charge in [-0.25, -0.2) is 12.6 Å². The maximum absolute atomic E-state index is 10.1. The summed E-state index contributed by atoms with van der Waals surface area (Å²) in [4.78, 5) is 50.6. The molecule has 0 amide bonds. The third-order valence-electron chi connectivity index (χ3n) is 0. The van der Waals surface area contributed by atoms with Crippen molar-refractivity contribution in [1.82, 2.24) is 0 Å². The van der Waals surface area contributed by atoms with E-state index in [9.17, 15) is 12.6 Å². The zero-order valence-corrected chi connectivity index (χ0v) is 11.7. The molecule has 0 aliphatic rings. The van der Waals surface area contributed by atoms with Crippen LogP contribution < -0.4 is 29.4 Å². The van der Waals surface area contributed by atoms with E-state index < -0.39 is 23.7 Å². The van der Waals surface area contributed by atoms with Crippen molar-refractivity contribution >= 4 is 42.6 Å². The fraction of sp³-hybridized carbons (Fsp3) is 0. The van der Waals surface area contributed by atoms with Crippen LogP contribution in [0.3, 0.4) is 0 Å². The fourth-order valence-corrected chi connectivity index (χ4v) is 0. The zero-order valence-electron chi connectivity index (χ0n) is 6.86. The van der Waals surface area contributed by atoms with Crippen molar-refractivity contribution in [3.05, 3.63) is 0 Å². The second-order valence-electron chi connectivity index (χ2n) is 1.29. The van der Waals surface area contributed by atoms with Crippen molar-refractivity contribution < 1.29 is 89.8 Å². The molecule has 0 aliphatic heterocycles. The molecule has 0 saturated heterocycles. The van der Waals surface area contributed by atoms with Gasteiger partial charge < -0.3 is 43.1 Å². The molecule has 0 bridgehead atoms. The molecule has 18 heavy (non-hydrogen) atoms. The van der Waals surface area contributed by atoms with Crippen LogP contribution in [0.1, 0.15) is 0 Å². The quantitative estimate of drug-likeness (QED) is 0.279. The summed E-state index contributed by atoms with van der Waals surface area (Å²) in [5.74, 6) is 0. The van der Waals surface area contributed by atoms with Crippen LogP contribution in [0.15, 0.2) is 0 Å². The van der Waals surface area contributed by atoms with Gasteiger partial charge in [-0.15, -0.1) is 0 Å². The second kappa shape index (κ2) is 15.3. The summed E-state index contributed by atoms with van der Waals surface area (Å²) < 4.78 is 55.7. The number of hydrogen-bond acceptors (Lipinski definition) is 9. The van der Waals surface area contributed by atoms with Gasteiger partial charge in [-0.1, -0.05) is 0 Å². The third kappa shape index (κ3) is 1450. The van der Waals surface area contributed by atoms with Gasteiger partial charge in [0, 0.05) is 0 Å². The molecule has 108 valence electrons. The summed E-state index contributed by atoms with van der Waals surface area (Å²) in [6, 6.07) is 0. The molecule has 0 unspecified atom stereocenters. The number of rotatable bonds is 0. The van der Waals surface area contributed by atoms with Gasteiger partial charge in [0.25, 0.3) is 0 Å². The predicted octanol–water partition coefficient (Wildman–Crippen LogP) is -4.30. The molecule has 0 rings (SSSR count). The molecule has 0 saturated carbocycles. The SMILES string of the molecule is O=P([O-])([O-])F.O=P([O-])([O-])F.O=P([O-])([O-])F.[Fe+3].[Fe+3].[LiH]. The molecule has 0 aromatic carbocycles. The Morgan fingerprint density at radius 2 is 0.556 bits per heavy atom. The zero-order chi connectivity index (χ0) is 13.5. The van der Waals surface area contributed by atoms with Gasteiger partial charge in [0.15, 0.2) is 0 Å². The van der Waals surface area contributed by atoms with Crippen LogP contribution >= 0.6 is 23.7 Å². The van der Waals surface area contributed by atoms with Gasteiger partial charge >= 0.3 is 53.0 Å². The molecule has 0 aliphatic carbocycles. The Balaban J connectivity index is -0.0000000277. The molecule has 0 atom stereocenters. The van der Waals surface area contributed by atoms with Crippen LogP contribution in [0, 0.1) is 0 Å². The van der Waals surface area contributed by atoms with Crippen molar-refractivity contribution in [2.75, 3.05) is 0 Å². The van der Waals surface area contributed by atoms with Gasteiger partial charge in [-0.2, -0.15) is 0 Å². The maximum atomic E-state index is 10.1. The molecule has 0 fully saturated rings. The Morgan fingerprint density at radius 1 is 0.556 bits per heavy atom. The summed E-state index contributed by atoms with van der Waals surface area (Å²) in [6.07, 6.45) is 0. The average molecular weight is 414 g/mol. The van der Waals surface area contributed by atoms with Gasteiger partial charge in [0.2, 0.25) is 0 Å². The minimum atomic E-state index is -5.64. The predicted molar refractivity (Wildman–Crippen MR) is 33.3 cm³/mol. The van der Waals surface area contributed by atoms with Crippen LogP contribution in [0.5, 0.6) is 0 Å². The monoisotopic (exact) mass is 414 g/mol. The molecular weight excluding hydrogens is 413 g/mol.